The number of ether oxygens (including phenoxy) is 2. The summed E-state index contributed by atoms with van der Waals surface area (Å²) in [5.41, 5.74) is 6.64. The van der Waals surface area contributed by atoms with Crippen molar-refractivity contribution in [2.24, 2.45) is 5.73 Å². The molecule has 1 unspecified atom stereocenters. The lowest BCUT2D eigenvalue weighted by molar-refractivity contribution is -0.136. The van der Waals surface area contributed by atoms with Crippen molar-refractivity contribution in [1.82, 2.24) is 0 Å². The van der Waals surface area contributed by atoms with Crippen molar-refractivity contribution in [1.29, 1.82) is 0 Å². The summed E-state index contributed by atoms with van der Waals surface area (Å²) < 4.78 is 10.1. The maximum Gasteiger partial charge on any atom is 0.340 e. The molecular formula is C16H15Cl2NO4. The summed E-state index contributed by atoms with van der Waals surface area (Å²) in [6, 6.07) is 4.97. The third kappa shape index (κ3) is 3.07. The summed E-state index contributed by atoms with van der Waals surface area (Å²) in [6.45, 7) is 2.98. The number of allylic oxidation sites excluding steroid dienone is 2. The first-order valence-corrected chi connectivity index (χ1v) is 7.46. The van der Waals surface area contributed by atoms with E-state index in [0.29, 0.717) is 16.3 Å². The van der Waals surface area contributed by atoms with Crippen molar-refractivity contribution >= 4 is 35.0 Å². The number of hydrogen-bond donors (Lipinski definition) is 1. The van der Waals surface area contributed by atoms with Crippen LogP contribution in [0.3, 0.4) is 0 Å². The summed E-state index contributed by atoms with van der Waals surface area (Å²) in [4.78, 5) is 24.3. The van der Waals surface area contributed by atoms with E-state index in [9.17, 15) is 9.59 Å². The molecule has 0 saturated carbocycles. The number of carbonyl (C=O) groups excluding carboxylic acids is 2. The van der Waals surface area contributed by atoms with Crippen LogP contribution in [0.1, 0.15) is 25.3 Å². The van der Waals surface area contributed by atoms with Crippen molar-refractivity contribution < 1.29 is 19.1 Å². The predicted octanol–water partition coefficient (Wildman–Crippen LogP) is 3.31. The molecule has 122 valence electrons. The van der Waals surface area contributed by atoms with E-state index < -0.39 is 11.9 Å². The summed E-state index contributed by atoms with van der Waals surface area (Å²) in [5.74, 6) is -1.59. The Morgan fingerprint density at radius 3 is 2.48 bits per heavy atom. The molecule has 0 saturated heterocycles. The van der Waals surface area contributed by atoms with Crippen LogP contribution in [-0.2, 0) is 19.1 Å². The highest BCUT2D eigenvalue weighted by molar-refractivity contribution is 6.42. The molecule has 7 heteroatoms. The SMILES string of the molecule is COC(=O)C1=C(N)OC(C)=C(C(C)=O)C1c1cccc(Cl)c1Cl. The average molecular weight is 356 g/mol. The second-order valence-corrected chi connectivity index (χ2v) is 5.76. The Kier molecular flexibility index (Phi) is 5.02. The van der Waals surface area contributed by atoms with Crippen molar-refractivity contribution in [3.05, 3.63) is 56.6 Å². The monoisotopic (exact) mass is 355 g/mol. The maximum absolute atomic E-state index is 12.2. The van der Waals surface area contributed by atoms with Crippen molar-refractivity contribution in [2.45, 2.75) is 19.8 Å². The number of nitrogens with two attached hydrogens (primary N) is 1. The van der Waals surface area contributed by atoms with Gasteiger partial charge in [-0.3, -0.25) is 4.79 Å². The average Bonchev–Trinajstić information content (AvgIpc) is 2.48. The van der Waals surface area contributed by atoms with E-state index in [4.69, 9.17) is 38.4 Å². The molecule has 0 amide bonds. The van der Waals surface area contributed by atoms with Crippen LogP contribution in [0, 0.1) is 0 Å². The van der Waals surface area contributed by atoms with E-state index in [0.717, 1.165) is 0 Å². The lowest BCUT2D eigenvalue weighted by Crippen LogP contribution is -2.28. The standard InChI is InChI=1S/C16H15Cl2NO4/c1-7(20)11-8(2)23-15(19)13(16(21)22-3)12(11)9-5-4-6-10(17)14(9)18/h4-6,12H,19H2,1-3H3. The van der Waals surface area contributed by atoms with E-state index in [1.807, 2.05) is 0 Å². The molecule has 23 heavy (non-hydrogen) atoms. The second-order valence-electron chi connectivity index (χ2n) is 4.97. The minimum absolute atomic E-state index is 0.0208. The summed E-state index contributed by atoms with van der Waals surface area (Å²) in [7, 11) is 1.22. The summed E-state index contributed by atoms with van der Waals surface area (Å²) in [5, 5.41) is 0.542. The van der Waals surface area contributed by atoms with Gasteiger partial charge in [-0.2, -0.15) is 0 Å². The highest BCUT2D eigenvalue weighted by atomic mass is 35.5. The number of esters is 1. The van der Waals surface area contributed by atoms with E-state index in [1.165, 1.54) is 14.0 Å². The van der Waals surface area contributed by atoms with Gasteiger partial charge < -0.3 is 15.2 Å². The van der Waals surface area contributed by atoms with Crippen molar-refractivity contribution in [2.75, 3.05) is 7.11 Å². The molecule has 1 aromatic carbocycles. The summed E-state index contributed by atoms with van der Waals surface area (Å²) >= 11 is 12.3. The largest absolute Gasteiger partial charge is 0.465 e. The maximum atomic E-state index is 12.2. The van der Waals surface area contributed by atoms with E-state index in [1.54, 1.807) is 25.1 Å². The van der Waals surface area contributed by atoms with Crippen LogP contribution in [0.25, 0.3) is 0 Å². The van der Waals surface area contributed by atoms with Crippen LogP contribution >= 0.6 is 23.2 Å². The van der Waals surface area contributed by atoms with Crippen LogP contribution in [0.5, 0.6) is 0 Å². The minimum Gasteiger partial charge on any atom is -0.465 e. The van der Waals surface area contributed by atoms with Gasteiger partial charge in [0, 0.05) is 5.57 Å². The highest BCUT2D eigenvalue weighted by Gasteiger charge is 2.38. The number of halogens is 2. The number of carbonyl (C=O) groups is 2. The topological polar surface area (TPSA) is 78.6 Å². The van der Waals surface area contributed by atoms with Gasteiger partial charge in [-0.25, -0.2) is 4.79 Å². The van der Waals surface area contributed by atoms with Gasteiger partial charge in [0.05, 0.1) is 23.1 Å². The molecule has 0 aromatic heterocycles. The minimum atomic E-state index is -0.806. The smallest absolute Gasteiger partial charge is 0.340 e. The number of methoxy groups -OCH3 is 1. The van der Waals surface area contributed by atoms with E-state index >= 15 is 0 Å². The molecule has 5 nitrogen and oxygen atoms in total. The quantitative estimate of drug-likeness (QED) is 0.841. The van der Waals surface area contributed by atoms with Gasteiger partial charge in [-0.05, 0) is 25.5 Å². The molecule has 0 fully saturated rings. The molecule has 1 aliphatic heterocycles. The van der Waals surface area contributed by atoms with Gasteiger partial charge >= 0.3 is 5.97 Å². The molecule has 1 heterocycles. The molecule has 2 N–H and O–H groups in total. The van der Waals surface area contributed by atoms with Gasteiger partial charge in [0.25, 0.3) is 0 Å². The lowest BCUT2D eigenvalue weighted by Gasteiger charge is -2.29. The number of hydrogen-bond acceptors (Lipinski definition) is 5. The second kappa shape index (κ2) is 6.64. The van der Waals surface area contributed by atoms with Crippen molar-refractivity contribution in [3.8, 4) is 0 Å². The molecule has 1 aromatic rings. The van der Waals surface area contributed by atoms with E-state index in [2.05, 4.69) is 0 Å². The van der Waals surface area contributed by atoms with Crippen LogP contribution < -0.4 is 5.73 Å². The van der Waals surface area contributed by atoms with Gasteiger partial charge in [0.1, 0.15) is 11.3 Å². The lowest BCUT2D eigenvalue weighted by atomic mass is 9.81. The fourth-order valence-corrected chi connectivity index (χ4v) is 3.02. The Morgan fingerprint density at radius 1 is 1.26 bits per heavy atom. The van der Waals surface area contributed by atoms with Crippen LogP contribution in [0.2, 0.25) is 10.0 Å². The molecule has 0 bridgehead atoms. The molecule has 0 spiro atoms. The number of Topliss-reactive ketones (excluding diaryl/α,β-unsaturated/α-hetero) is 1. The Bertz CT molecular complexity index is 752. The molecule has 0 radical (unpaired) electrons. The van der Waals surface area contributed by atoms with Gasteiger partial charge in [0.15, 0.2) is 5.78 Å². The van der Waals surface area contributed by atoms with Crippen LogP contribution in [0.15, 0.2) is 41.0 Å². The molecule has 2 rings (SSSR count). The highest BCUT2D eigenvalue weighted by Crippen LogP contribution is 2.44. The van der Waals surface area contributed by atoms with Crippen LogP contribution in [0.4, 0.5) is 0 Å². The first kappa shape index (κ1) is 17.4. The third-order valence-electron chi connectivity index (χ3n) is 3.56. The first-order valence-electron chi connectivity index (χ1n) is 6.71. The third-order valence-corrected chi connectivity index (χ3v) is 4.40. The summed E-state index contributed by atoms with van der Waals surface area (Å²) in [6.07, 6.45) is 0. The molecule has 1 aliphatic rings. The first-order chi connectivity index (χ1) is 10.8. The fourth-order valence-electron chi connectivity index (χ4n) is 2.60. The zero-order valence-corrected chi connectivity index (χ0v) is 14.3. The van der Waals surface area contributed by atoms with Crippen molar-refractivity contribution in [3.63, 3.8) is 0 Å². The Balaban J connectivity index is 2.77. The Morgan fingerprint density at radius 2 is 1.91 bits per heavy atom. The normalized spacial score (nSPS) is 17.9. The number of ketones is 1. The number of benzene rings is 1. The molecule has 1 atom stereocenters. The van der Waals surface area contributed by atoms with Gasteiger partial charge in [-0.15, -0.1) is 0 Å². The van der Waals surface area contributed by atoms with Crippen LogP contribution in [-0.4, -0.2) is 18.9 Å². The zero-order chi connectivity index (χ0) is 17.3. The molecular weight excluding hydrogens is 341 g/mol. The Labute approximate surface area is 143 Å². The predicted molar refractivity (Wildman–Crippen MR) is 86.9 cm³/mol. The Hall–Kier alpha value is -1.98. The zero-order valence-electron chi connectivity index (χ0n) is 12.8. The molecule has 0 aliphatic carbocycles. The fraction of sp³-hybridized carbons (Fsp3) is 0.250. The van der Waals surface area contributed by atoms with E-state index in [-0.39, 0.29) is 27.8 Å². The van der Waals surface area contributed by atoms with Gasteiger partial charge in [0.2, 0.25) is 5.88 Å². The number of rotatable bonds is 3. The van der Waals surface area contributed by atoms with Gasteiger partial charge in [-0.1, -0.05) is 35.3 Å².